The molecule has 5 rings (SSSR count). The lowest BCUT2D eigenvalue weighted by Crippen LogP contribution is -2.05. The largest absolute Gasteiger partial charge is 0.494 e. The number of sulfone groups is 1. The average Bonchev–Trinajstić information content (AvgIpc) is 3.26. The molecule has 0 saturated heterocycles. The Balaban J connectivity index is 1.66. The van der Waals surface area contributed by atoms with Crippen molar-refractivity contribution in [2.75, 3.05) is 11.9 Å². The number of anilines is 2. The maximum absolute atomic E-state index is 13.3. The maximum atomic E-state index is 13.3. The molecular formula is C23H18ClN5O3S. The van der Waals surface area contributed by atoms with Gasteiger partial charge in [0.2, 0.25) is 14.9 Å². The zero-order valence-electron chi connectivity index (χ0n) is 17.4. The normalized spacial score (nSPS) is 11.7. The number of aromatic nitrogens is 4. The van der Waals surface area contributed by atoms with Crippen LogP contribution in [0.2, 0.25) is 5.02 Å². The number of hydrogen-bond acceptors (Lipinski definition) is 7. The lowest BCUT2D eigenvalue weighted by molar-refractivity contribution is 0.340. The van der Waals surface area contributed by atoms with Gasteiger partial charge in [-0.15, -0.1) is 5.10 Å². The van der Waals surface area contributed by atoms with E-state index in [2.05, 4.69) is 20.6 Å². The molecule has 0 atom stereocenters. The summed E-state index contributed by atoms with van der Waals surface area (Å²) in [5.41, 5.74) is 1.56. The molecule has 0 spiro atoms. The molecule has 2 aromatic heterocycles. The highest BCUT2D eigenvalue weighted by molar-refractivity contribution is 7.91. The van der Waals surface area contributed by atoms with Crippen molar-refractivity contribution in [2.24, 2.45) is 0 Å². The number of hydrogen-bond donors (Lipinski definition) is 1. The first-order chi connectivity index (χ1) is 16.0. The maximum Gasteiger partial charge on any atom is 0.229 e. The molecule has 0 aliphatic carbocycles. The van der Waals surface area contributed by atoms with E-state index in [9.17, 15) is 8.42 Å². The van der Waals surface area contributed by atoms with Gasteiger partial charge in [0.05, 0.1) is 17.0 Å². The Morgan fingerprint density at radius 3 is 2.45 bits per heavy atom. The molecule has 0 saturated carbocycles. The van der Waals surface area contributed by atoms with Crippen LogP contribution in [0.4, 0.5) is 11.5 Å². The van der Waals surface area contributed by atoms with E-state index >= 15 is 0 Å². The first kappa shape index (κ1) is 21.2. The average molecular weight is 480 g/mol. The first-order valence-corrected chi connectivity index (χ1v) is 12.0. The molecule has 5 aromatic rings. The van der Waals surface area contributed by atoms with Crippen molar-refractivity contribution in [1.29, 1.82) is 0 Å². The summed E-state index contributed by atoms with van der Waals surface area (Å²) >= 11 is 5.92. The second-order valence-electron chi connectivity index (χ2n) is 7.15. The smallest absolute Gasteiger partial charge is 0.229 e. The van der Waals surface area contributed by atoms with Crippen molar-refractivity contribution in [3.05, 3.63) is 77.8 Å². The van der Waals surface area contributed by atoms with Crippen molar-refractivity contribution in [2.45, 2.75) is 16.8 Å². The fourth-order valence-corrected chi connectivity index (χ4v) is 4.84. The van der Waals surface area contributed by atoms with Gasteiger partial charge in [0, 0.05) is 16.1 Å². The summed E-state index contributed by atoms with van der Waals surface area (Å²) < 4.78 is 33.5. The van der Waals surface area contributed by atoms with Gasteiger partial charge >= 0.3 is 0 Å². The summed E-state index contributed by atoms with van der Waals surface area (Å²) in [6.45, 7) is 2.50. The molecule has 0 radical (unpaired) electrons. The SMILES string of the molecule is CCOc1ccc(Nc2nc3c(S(=O)(=O)c4ccc(Cl)cc4)nnn3c3ccccc23)cc1. The van der Waals surface area contributed by atoms with E-state index in [1.54, 1.807) is 0 Å². The van der Waals surface area contributed by atoms with Gasteiger partial charge in [0.1, 0.15) is 11.6 Å². The minimum atomic E-state index is -3.97. The summed E-state index contributed by atoms with van der Waals surface area (Å²) in [7, 11) is -3.97. The van der Waals surface area contributed by atoms with Crippen LogP contribution in [0.5, 0.6) is 5.75 Å². The number of benzene rings is 3. The van der Waals surface area contributed by atoms with Crippen LogP contribution in [-0.4, -0.2) is 34.8 Å². The highest BCUT2D eigenvalue weighted by Gasteiger charge is 2.27. The number of rotatable bonds is 6. The molecule has 0 aliphatic rings. The molecular weight excluding hydrogens is 462 g/mol. The Bertz CT molecular complexity index is 1570. The van der Waals surface area contributed by atoms with Crippen LogP contribution < -0.4 is 10.1 Å². The molecule has 0 aliphatic heterocycles. The van der Waals surface area contributed by atoms with Crippen LogP contribution in [0, 0.1) is 0 Å². The Morgan fingerprint density at radius 1 is 1.00 bits per heavy atom. The molecule has 3 aromatic carbocycles. The summed E-state index contributed by atoms with van der Waals surface area (Å²) in [5.74, 6) is 1.24. The summed E-state index contributed by atoms with van der Waals surface area (Å²) in [6.07, 6.45) is 0. The molecule has 1 N–H and O–H groups in total. The molecule has 0 fully saturated rings. The van der Waals surface area contributed by atoms with Crippen molar-refractivity contribution in [3.8, 4) is 5.75 Å². The number of nitrogens with one attached hydrogen (secondary N) is 1. The van der Waals surface area contributed by atoms with Gasteiger partial charge in [0.25, 0.3) is 0 Å². The third kappa shape index (κ3) is 3.85. The second kappa shape index (κ2) is 8.34. The molecule has 10 heteroatoms. The Morgan fingerprint density at radius 2 is 1.73 bits per heavy atom. The number of para-hydroxylation sites is 1. The molecule has 0 unspecified atom stereocenters. The fraction of sp³-hybridized carbons (Fsp3) is 0.0870. The number of ether oxygens (including phenoxy) is 1. The first-order valence-electron chi connectivity index (χ1n) is 10.1. The second-order valence-corrected chi connectivity index (χ2v) is 9.45. The number of halogens is 1. The fourth-order valence-electron chi connectivity index (χ4n) is 3.48. The third-order valence-electron chi connectivity index (χ3n) is 5.03. The van der Waals surface area contributed by atoms with Crippen LogP contribution in [0.25, 0.3) is 16.6 Å². The number of fused-ring (bicyclic) bond motifs is 3. The molecule has 8 nitrogen and oxygen atoms in total. The van der Waals surface area contributed by atoms with E-state index in [4.69, 9.17) is 16.3 Å². The summed E-state index contributed by atoms with van der Waals surface area (Å²) in [6, 6.07) is 20.8. The van der Waals surface area contributed by atoms with E-state index in [0.717, 1.165) is 16.8 Å². The quantitative estimate of drug-likeness (QED) is 0.369. The molecule has 0 bridgehead atoms. The summed E-state index contributed by atoms with van der Waals surface area (Å²) in [5, 5.41) is 12.3. The van der Waals surface area contributed by atoms with E-state index < -0.39 is 9.84 Å². The summed E-state index contributed by atoms with van der Waals surface area (Å²) in [4.78, 5) is 4.68. The highest BCUT2D eigenvalue weighted by atomic mass is 35.5. The highest BCUT2D eigenvalue weighted by Crippen LogP contribution is 2.30. The van der Waals surface area contributed by atoms with Crippen LogP contribution in [0.3, 0.4) is 0 Å². The van der Waals surface area contributed by atoms with Crippen LogP contribution in [-0.2, 0) is 9.84 Å². The molecule has 33 heavy (non-hydrogen) atoms. The van der Waals surface area contributed by atoms with E-state index in [1.165, 1.54) is 28.8 Å². The zero-order chi connectivity index (χ0) is 23.0. The van der Waals surface area contributed by atoms with E-state index in [-0.39, 0.29) is 15.6 Å². The predicted octanol–water partition coefficient (Wildman–Crippen LogP) is 4.91. The monoisotopic (exact) mass is 479 g/mol. The van der Waals surface area contributed by atoms with Crippen molar-refractivity contribution in [1.82, 2.24) is 19.8 Å². The van der Waals surface area contributed by atoms with Gasteiger partial charge in [-0.2, -0.15) is 4.52 Å². The zero-order valence-corrected chi connectivity index (χ0v) is 19.0. The van der Waals surface area contributed by atoms with Gasteiger partial charge in [-0.3, -0.25) is 0 Å². The Kier molecular flexibility index (Phi) is 5.35. The van der Waals surface area contributed by atoms with Gasteiger partial charge in [0.15, 0.2) is 5.65 Å². The van der Waals surface area contributed by atoms with Crippen molar-refractivity contribution < 1.29 is 13.2 Å². The molecule has 166 valence electrons. The van der Waals surface area contributed by atoms with Crippen molar-refractivity contribution in [3.63, 3.8) is 0 Å². The molecule has 0 amide bonds. The minimum absolute atomic E-state index is 0.0604. The topological polar surface area (TPSA) is 98.5 Å². The standard InChI is InChI=1S/C23H18ClN5O3S/c1-2-32-17-11-9-16(10-12-17)25-21-19-5-3-4-6-20(19)29-22(26-21)23(27-28-29)33(30,31)18-13-7-15(24)8-14-18/h3-14H,2H2,1H3,(H,25,26). The van der Waals surface area contributed by atoms with Gasteiger partial charge in [-0.1, -0.05) is 28.9 Å². The Hall–Kier alpha value is -3.69. The predicted molar refractivity (Wildman–Crippen MR) is 126 cm³/mol. The minimum Gasteiger partial charge on any atom is -0.494 e. The van der Waals surface area contributed by atoms with Gasteiger partial charge < -0.3 is 10.1 Å². The molecule has 2 heterocycles. The van der Waals surface area contributed by atoms with Crippen LogP contribution >= 0.6 is 11.6 Å². The van der Waals surface area contributed by atoms with E-state index in [0.29, 0.717) is 23.0 Å². The van der Waals surface area contributed by atoms with Gasteiger partial charge in [-0.05, 0) is 67.6 Å². The van der Waals surface area contributed by atoms with E-state index in [1.807, 2.05) is 55.5 Å². The van der Waals surface area contributed by atoms with Crippen molar-refractivity contribution >= 4 is 49.5 Å². The lowest BCUT2D eigenvalue weighted by Gasteiger charge is -2.11. The third-order valence-corrected chi connectivity index (χ3v) is 6.95. The lowest BCUT2D eigenvalue weighted by atomic mass is 10.2. The van der Waals surface area contributed by atoms with Crippen LogP contribution in [0.15, 0.2) is 82.7 Å². The Labute approximate surface area is 194 Å². The number of nitrogens with zero attached hydrogens (tertiary/aromatic N) is 4. The van der Waals surface area contributed by atoms with Gasteiger partial charge in [-0.25, -0.2) is 13.4 Å². The van der Waals surface area contributed by atoms with Crippen LogP contribution in [0.1, 0.15) is 6.92 Å².